The highest BCUT2D eigenvalue weighted by atomic mass is 32.1. The zero-order valence-corrected chi connectivity index (χ0v) is 15.8. The topological polar surface area (TPSA) is 45.2 Å². The number of carbonyl (C=O) groups is 1. The standard InChI is InChI=1S/C19H21N3OS2/c1-22(15-8-3-2-4-9-15)12-6-5-11-20-18(23)17-14-21-19(25-17)16-10-7-13-24-16/h2-4,7-10,13-14H,5-6,11-12H2,1H3,(H,20,23). The summed E-state index contributed by atoms with van der Waals surface area (Å²) in [6, 6.07) is 14.4. The van der Waals surface area contributed by atoms with Crippen LogP contribution in [0.4, 0.5) is 5.69 Å². The van der Waals surface area contributed by atoms with Crippen molar-refractivity contribution < 1.29 is 4.79 Å². The molecule has 0 aliphatic rings. The van der Waals surface area contributed by atoms with Gasteiger partial charge in [-0.25, -0.2) is 4.98 Å². The van der Waals surface area contributed by atoms with E-state index in [1.165, 1.54) is 17.0 Å². The molecule has 3 aromatic rings. The van der Waals surface area contributed by atoms with Crippen LogP contribution in [0, 0.1) is 0 Å². The summed E-state index contributed by atoms with van der Waals surface area (Å²) in [5, 5.41) is 5.91. The summed E-state index contributed by atoms with van der Waals surface area (Å²) in [6.07, 6.45) is 3.66. The zero-order valence-electron chi connectivity index (χ0n) is 14.1. The van der Waals surface area contributed by atoms with Gasteiger partial charge in [0.2, 0.25) is 0 Å². The molecule has 3 rings (SSSR count). The molecule has 0 saturated carbocycles. The zero-order chi connectivity index (χ0) is 17.5. The molecule has 1 amide bonds. The van der Waals surface area contributed by atoms with Crippen molar-refractivity contribution in [2.45, 2.75) is 12.8 Å². The largest absolute Gasteiger partial charge is 0.375 e. The van der Waals surface area contributed by atoms with Crippen LogP contribution in [0.2, 0.25) is 0 Å². The summed E-state index contributed by atoms with van der Waals surface area (Å²) in [5.41, 5.74) is 1.22. The van der Waals surface area contributed by atoms with Gasteiger partial charge >= 0.3 is 0 Å². The van der Waals surface area contributed by atoms with Crippen LogP contribution in [0.25, 0.3) is 9.88 Å². The van der Waals surface area contributed by atoms with Crippen molar-refractivity contribution in [3.63, 3.8) is 0 Å². The first-order chi connectivity index (χ1) is 12.2. The molecule has 0 radical (unpaired) electrons. The first kappa shape index (κ1) is 17.6. The maximum atomic E-state index is 12.2. The van der Waals surface area contributed by atoms with Gasteiger partial charge in [-0.05, 0) is 36.4 Å². The molecule has 0 atom stereocenters. The molecule has 2 aromatic heterocycles. The van der Waals surface area contributed by atoms with Crippen LogP contribution in [0.15, 0.2) is 54.0 Å². The number of hydrogen-bond acceptors (Lipinski definition) is 5. The van der Waals surface area contributed by atoms with E-state index in [0.29, 0.717) is 11.4 Å². The molecule has 6 heteroatoms. The highest BCUT2D eigenvalue weighted by Crippen LogP contribution is 2.28. The van der Waals surface area contributed by atoms with Gasteiger partial charge < -0.3 is 10.2 Å². The molecular formula is C19H21N3OS2. The lowest BCUT2D eigenvalue weighted by Gasteiger charge is -2.19. The van der Waals surface area contributed by atoms with E-state index >= 15 is 0 Å². The van der Waals surface area contributed by atoms with E-state index in [1.54, 1.807) is 17.5 Å². The number of anilines is 1. The fourth-order valence-electron chi connectivity index (χ4n) is 2.47. The third-order valence-electron chi connectivity index (χ3n) is 3.86. The van der Waals surface area contributed by atoms with Gasteiger partial charge in [0.1, 0.15) is 9.88 Å². The molecular weight excluding hydrogens is 350 g/mol. The number of amides is 1. The summed E-state index contributed by atoms with van der Waals surface area (Å²) in [7, 11) is 2.09. The van der Waals surface area contributed by atoms with Gasteiger partial charge in [0.05, 0.1) is 11.1 Å². The molecule has 4 nitrogen and oxygen atoms in total. The third-order valence-corrected chi connectivity index (χ3v) is 5.90. The Hall–Kier alpha value is -2.18. The van der Waals surface area contributed by atoms with Crippen LogP contribution in [-0.4, -0.2) is 31.0 Å². The monoisotopic (exact) mass is 371 g/mol. The molecule has 25 heavy (non-hydrogen) atoms. The van der Waals surface area contributed by atoms with Gasteiger partial charge in [0, 0.05) is 25.8 Å². The number of hydrogen-bond donors (Lipinski definition) is 1. The quantitative estimate of drug-likeness (QED) is 0.592. The average Bonchev–Trinajstić information content (AvgIpc) is 3.33. The number of benzene rings is 1. The van der Waals surface area contributed by atoms with Gasteiger partial charge in [-0.1, -0.05) is 24.3 Å². The molecule has 0 spiro atoms. The van der Waals surface area contributed by atoms with Crippen molar-refractivity contribution in [1.82, 2.24) is 10.3 Å². The maximum Gasteiger partial charge on any atom is 0.263 e. The third kappa shape index (κ3) is 4.90. The van der Waals surface area contributed by atoms with Crippen molar-refractivity contribution in [2.75, 3.05) is 25.0 Å². The maximum absolute atomic E-state index is 12.2. The Kier molecular flexibility index (Phi) is 6.19. The normalized spacial score (nSPS) is 10.6. The average molecular weight is 372 g/mol. The minimum Gasteiger partial charge on any atom is -0.375 e. The molecule has 1 aromatic carbocycles. The van der Waals surface area contributed by atoms with Crippen molar-refractivity contribution >= 4 is 34.3 Å². The number of carbonyl (C=O) groups excluding carboxylic acids is 1. The number of nitrogens with one attached hydrogen (secondary N) is 1. The van der Waals surface area contributed by atoms with Crippen LogP contribution < -0.4 is 10.2 Å². The smallest absolute Gasteiger partial charge is 0.263 e. The van der Waals surface area contributed by atoms with Crippen molar-refractivity contribution in [2.24, 2.45) is 0 Å². The van der Waals surface area contributed by atoms with Gasteiger partial charge in [0.15, 0.2) is 0 Å². The van der Waals surface area contributed by atoms with E-state index in [4.69, 9.17) is 0 Å². The predicted molar refractivity (Wildman–Crippen MR) is 107 cm³/mol. The number of nitrogens with zero attached hydrogens (tertiary/aromatic N) is 2. The van der Waals surface area contributed by atoms with Gasteiger partial charge in [-0.2, -0.15) is 0 Å². The summed E-state index contributed by atoms with van der Waals surface area (Å²) >= 11 is 3.08. The van der Waals surface area contributed by atoms with Crippen molar-refractivity contribution in [3.05, 3.63) is 58.9 Å². The van der Waals surface area contributed by atoms with Crippen molar-refractivity contribution in [3.8, 4) is 9.88 Å². The lowest BCUT2D eigenvalue weighted by atomic mass is 10.2. The Morgan fingerprint density at radius 3 is 2.76 bits per heavy atom. The minimum atomic E-state index is -0.0308. The number of aromatic nitrogens is 1. The molecule has 0 fully saturated rings. The second-order valence-electron chi connectivity index (χ2n) is 5.73. The minimum absolute atomic E-state index is 0.0308. The number of para-hydroxylation sites is 1. The first-order valence-corrected chi connectivity index (χ1v) is 9.98. The Morgan fingerprint density at radius 1 is 1.16 bits per heavy atom. The molecule has 130 valence electrons. The molecule has 1 N–H and O–H groups in total. The molecule has 0 unspecified atom stereocenters. The summed E-state index contributed by atoms with van der Waals surface area (Å²) < 4.78 is 0. The molecule has 0 bridgehead atoms. The highest BCUT2D eigenvalue weighted by molar-refractivity contribution is 7.21. The lowest BCUT2D eigenvalue weighted by molar-refractivity contribution is 0.0957. The molecule has 0 aliphatic carbocycles. The lowest BCUT2D eigenvalue weighted by Crippen LogP contribution is -2.25. The Balaban J connectivity index is 1.38. The molecule has 0 saturated heterocycles. The number of thiazole rings is 1. The van der Waals surface area contributed by atoms with Crippen LogP contribution in [0.5, 0.6) is 0 Å². The Morgan fingerprint density at radius 2 is 2.00 bits per heavy atom. The van der Waals surface area contributed by atoms with Crippen LogP contribution >= 0.6 is 22.7 Å². The number of unbranched alkanes of at least 4 members (excludes halogenated alkanes) is 1. The van der Waals surface area contributed by atoms with Gasteiger partial charge in [-0.3, -0.25) is 4.79 Å². The van der Waals surface area contributed by atoms with E-state index < -0.39 is 0 Å². The number of rotatable bonds is 8. The highest BCUT2D eigenvalue weighted by Gasteiger charge is 2.11. The second-order valence-corrected chi connectivity index (χ2v) is 7.71. The van der Waals surface area contributed by atoms with Gasteiger partial charge in [0.25, 0.3) is 5.91 Å². The fraction of sp³-hybridized carbons (Fsp3) is 0.263. The van der Waals surface area contributed by atoms with E-state index in [2.05, 4.69) is 34.4 Å². The SMILES string of the molecule is CN(CCCCNC(=O)c1cnc(-c2cccs2)s1)c1ccccc1. The van der Waals surface area contributed by atoms with E-state index in [-0.39, 0.29) is 5.91 Å². The summed E-state index contributed by atoms with van der Waals surface area (Å²) in [5.74, 6) is -0.0308. The second kappa shape index (κ2) is 8.78. The van der Waals surface area contributed by atoms with Crippen LogP contribution in [-0.2, 0) is 0 Å². The fourth-order valence-corrected chi connectivity index (χ4v) is 4.10. The first-order valence-electron chi connectivity index (χ1n) is 8.28. The van der Waals surface area contributed by atoms with E-state index in [9.17, 15) is 4.79 Å². The summed E-state index contributed by atoms with van der Waals surface area (Å²) in [4.78, 5) is 20.6. The van der Waals surface area contributed by atoms with Crippen LogP contribution in [0.1, 0.15) is 22.5 Å². The Bertz CT molecular complexity index is 784. The summed E-state index contributed by atoms with van der Waals surface area (Å²) in [6.45, 7) is 1.66. The van der Waals surface area contributed by atoms with E-state index in [1.807, 2.05) is 35.7 Å². The van der Waals surface area contributed by atoms with Crippen LogP contribution in [0.3, 0.4) is 0 Å². The van der Waals surface area contributed by atoms with Gasteiger partial charge in [-0.15, -0.1) is 22.7 Å². The molecule has 2 heterocycles. The van der Waals surface area contributed by atoms with E-state index in [0.717, 1.165) is 29.3 Å². The Labute approximate surface area is 156 Å². The molecule has 0 aliphatic heterocycles. The predicted octanol–water partition coefficient (Wildman–Crippen LogP) is 4.52. The van der Waals surface area contributed by atoms with Crippen molar-refractivity contribution in [1.29, 1.82) is 0 Å². The number of thiophene rings is 1.